The molecule has 1 aromatic heterocycles. The van der Waals surface area contributed by atoms with Gasteiger partial charge < -0.3 is 28.7 Å². The second-order valence-corrected chi connectivity index (χ2v) is 11.0. The topological polar surface area (TPSA) is 86.3 Å². The Bertz CT molecular complexity index is 1110. The lowest BCUT2D eigenvalue weighted by molar-refractivity contribution is 0.00559. The highest BCUT2D eigenvalue weighted by Crippen LogP contribution is 2.42. The summed E-state index contributed by atoms with van der Waals surface area (Å²) in [4.78, 5) is 17.1. The monoisotopic (exact) mass is 516 g/mol. The van der Waals surface area contributed by atoms with Crippen molar-refractivity contribution in [2.24, 2.45) is 0 Å². The highest BCUT2D eigenvalue weighted by Gasteiger charge is 2.47. The molecule has 1 aromatic carbocycles. The molecule has 0 spiro atoms. The summed E-state index contributed by atoms with van der Waals surface area (Å²) in [5.41, 5.74) is 0.900. The van der Waals surface area contributed by atoms with Crippen LogP contribution in [0.15, 0.2) is 24.3 Å². The number of rotatable bonds is 5. The Labute approximate surface area is 216 Å². The van der Waals surface area contributed by atoms with Crippen LogP contribution in [0.25, 0.3) is 11.3 Å². The minimum atomic E-state index is -0.498. The third-order valence-electron chi connectivity index (χ3n) is 6.91. The molecule has 10 heteroatoms. The first-order valence-corrected chi connectivity index (χ1v) is 12.8. The van der Waals surface area contributed by atoms with E-state index in [0.29, 0.717) is 28.8 Å². The maximum absolute atomic E-state index is 12.9. The Morgan fingerprint density at radius 2 is 1.89 bits per heavy atom. The van der Waals surface area contributed by atoms with Crippen LogP contribution in [-0.2, 0) is 9.47 Å². The number of anilines is 1. The zero-order valence-corrected chi connectivity index (χ0v) is 22.0. The van der Waals surface area contributed by atoms with Crippen LogP contribution in [-0.4, -0.2) is 72.0 Å². The fraction of sp³-hybridized carbons (Fsp3) is 0.577. The first-order valence-electron chi connectivity index (χ1n) is 12.4. The van der Waals surface area contributed by atoms with Gasteiger partial charge in [0.15, 0.2) is 18.4 Å². The number of benzene rings is 1. The van der Waals surface area contributed by atoms with Crippen molar-refractivity contribution < 1.29 is 23.7 Å². The van der Waals surface area contributed by atoms with E-state index in [2.05, 4.69) is 15.1 Å². The average molecular weight is 517 g/mol. The van der Waals surface area contributed by atoms with Gasteiger partial charge in [0.05, 0.1) is 6.54 Å². The van der Waals surface area contributed by atoms with Crippen LogP contribution in [0.1, 0.15) is 46.5 Å². The first kappa shape index (κ1) is 24.9. The van der Waals surface area contributed by atoms with E-state index in [4.69, 9.17) is 30.5 Å². The summed E-state index contributed by atoms with van der Waals surface area (Å²) in [7, 11) is 1.57. The predicted octanol–water partition coefficient (Wildman–Crippen LogP) is 4.91. The number of amides is 1. The van der Waals surface area contributed by atoms with Gasteiger partial charge in [-0.15, -0.1) is 10.2 Å². The minimum Gasteiger partial charge on any atom is -0.488 e. The number of fused-ring (bicyclic) bond motifs is 3. The number of hydrogen-bond acceptors (Lipinski definition) is 8. The second kappa shape index (κ2) is 9.94. The van der Waals surface area contributed by atoms with Crippen molar-refractivity contribution in [3.05, 3.63) is 29.3 Å². The van der Waals surface area contributed by atoms with Gasteiger partial charge in [0.2, 0.25) is 0 Å². The first-order chi connectivity index (χ1) is 17.2. The SMILES string of the molecule is COCOc1cc(Cl)ccc1-c1cc2c(nn1)N(C1C[C@H]3CC[C@@H](C1)N3C(=O)OC(C)(C)C)CCO2. The molecule has 194 valence electrons. The van der Waals surface area contributed by atoms with Crippen LogP contribution >= 0.6 is 11.6 Å². The fourth-order valence-corrected chi connectivity index (χ4v) is 5.65. The molecule has 0 radical (unpaired) electrons. The maximum Gasteiger partial charge on any atom is 0.410 e. The van der Waals surface area contributed by atoms with E-state index in [1.807, 2.05) is 37.8 Å². The molecule has 0 aliphatic carbocycles. The Morgan fingerprint density at radius 3 is 2.58 bits per heavy atom. The zero-order valence-electron chi connectivity index (χ0n) is 21.2. The summed E-state index contributed by atoms with van der Waals surface area (Å²) >= 11 is 6.17. The molecule has 1 amide bonds. The van der Waals surface area contributed by atoms with E-state index >= 15 is 0 Å². The molecule has 4 heterocycles. The highest BCUT2D eigenvalue weighted by molar-refractivity contribution is 6.30. The van der Waals surface area contributed by atoms with Crippen LogP contribution in [0.5, 0.6) is 11.5 Å². The van der Waals surface area contributed by atoms with Crippen LogP contribution in [0.4, 0.5) is 10.6 Å². The Kier molecular flexibility index (Phi) is 6.87. The van der Waals surface area contributed by atoms with Gasteiger partial charge in [-0.3, -0.25) is 0 Å². The second-order valence-electron chi connectivity index (χ2n) is 10.5. The molecule has 3 aliphatic rings. The van der Waals surface area contributed by atoms with Crippen molar-refractivity contribution in [1.29, 1.82) is 0 Å². The molecular weight excluding hydrogens is 484 g/mol. The maximum atomic E-state index is 12.9. The lowest BCUT2D eigenvalue weighted by Gasteiger charge is -2.44. The molecule has 3 aliphatic heterocycles. The molecule has 2 fully saturated rings. The molecule has 0 N–H and O–H groups in total. The van der Waals surface area contributed by atoms with Crippen molar-refractivity contribution in [2.75, 3.05) is 32.0 Å². The summed E-state index contributed by atoms with van der Waals surface area (Å²) in [6.45, 7) is 7.13. The Balaban J connectivity index is 1.36. The van der Waals surface area contributed by atoms with Crippen LogP contribution < -0.4 is 14.4 Å². The predicted molar refractivity (Wildman–Crippen MR) is 136 cm³/mol. The van der Waals surface area contributed by atoms with Gasteiger partial charge in [-0.2, -0.15) is 0 Å². The van der Waals surface area contributed by atoms with Gasteiger partial charge in [0.1, 0.15) is 23.7 Å². The fourth-order valence-electron chi connectivity index (χ4n) is 5.49. The number of methoxy groups -OCH3 is 1. The number of carbonyl (C=O) groups is 1. The van der Waals surface area contributed by atoms with E-state index in [0.717, 1.165) is 43.6 Å². The van der Waals surface area contributed by atoms with Crippen molar-refractivity contribution in [3.63, 3.8) is 0 Å². The number of nitrogens with zero attached hydrogens (tertiary/aromatic N) is 4. The molecule has 2 bridgehead atoms. The van der Waals surface area contributed by atoms with Crippen molar-refractivity contribution >= 4 is 23.5 Å². The summed E-state index contributed by atoms with van der Waals surface area (Å²) < 4.78 is 22.5. The van der Waals surface area contributed by atoms with Crippen LogP contribution in [0.3, 0.4) is 0 Å². The summed E-state index contributed by atoms with van der Waals surface area (Å²) in [6.07, 6.45) is 3.57. The lowest BCUT2D eigenvalue weighted by Crippen LogP contribution is -2.55. The number of aromatic nitrogens is 2. The quantitative estimate of drug-likeness (QED) is 0.518. The highest BCUT2D eigenvalue weighted by atomic mass is 35.5. The van der Waals surface area contributed by atoms with Crippen molar-refractivity contribution in [1.82, 2.24) is 15.1 Å². The van der Waals surface area contributed by atoms with Gasteiger partial charge in [-0.1, -0.05) is 11.6 Å². The smallest absolute Gasteiger partial charge is 0.410 e. The number of halogens is 1. The van der Waals surface area contributed by atoms with E-state index in [9.17, 15) is 4.79 Å². The van der Waals surface area contributed by atoms with Gasteiger partial charge >= 0.3 is 6.09 Å². The molecule has 0 saturated carbocycles. The Hall–Kier alpha value is -2.78. The van der Waals surface area contributed by atoms with Gasteiger partial charge in [-0.25, -0.2) is 4.79 Å². The lowest BCUT2D eigenvalue weighted by atomic mass is 9.95. The molecule has 5 rings (SSSR count). The Morgan fingerprint density at radius 1 is 1.14 bits per heavy atom. The van der Waals surface area contributed by atoms with E-state index in [1.54, 1.807) is 19.2 Å². The van der Waals surface area contributed by atoms with Crippen LogP contribution in [0, 0.1) is 0 Å². The normalized spacial score (nSPS) is 23.2. The van der Waals surface area contributed by atoms with Gasteiger partial charge in [-0.05, 0) is 64.7 Å². The number of hydrogen-bond donors (Lipinski definition) is 0. The number of carbonyl (C=O) groups excluding carboxylic acids is 1. The summed E-state index contributed by atoms with van der Waals surface area (Å²) in [5, 5.41) is 9.68. The standard InChI is InChI=1S/C26H33ClN4O5/c1-26(2,3)36-25(32)31-17-6-7-18(31)13-19(12-17)30-9-10-34-23-14-21(28-29-24(23)30)20-8-5-16(27)11-22(20)35-15-33-4/h5,8,11,14,17-19H,6-7,9-10,12-13,15H2,1-4H3/t17-,18+,19?. The van der Waals surface area contributed by atoms with Crippen LogP contribution in [0.2, 0.25) is 5.02 Å². The van der Waals surface area contributed by atoms with Crippen molar-refractivity contribution in [2.45, 2.75) is 70.2 Å². The molecule has 3 atom stereocenters. The largest absolute Gasteiger partial charge is 0.488 e. The third kappa shape index (κ3) is 5.04. The third-order valence-corrected chi connectivity index (χ3v) is 7.14. The zero-order chi connectivity index (χ0) is 25.4. The van der Waals surface area contributed by atoms with Gasteiger partial charge in [0, 0.05) is 41.9 Å². The van der Waals surface area contributed by atoms with Gasteiger partial charge in [0.25, 0.3) is 0 Å². The molecular formula is C26H33ClN4O5. The summed E-state index contributed by atoms with van der Waals surface area (Å²) in [6, 6.07) is 7.90. The average Bonchev–Trinajstić information content (AvgIpc) is 3.11. The van der Waals surface area contributed by atoms with E-state index in [-0.39, 0.29) is 31.0 Å². The molecule has 1 unspecified atom stereocenters. The molecule has 36 heavy (non-hydrogen) atoms. The van der Waals surface area contributed by atoms with Crippen molar-refractivity contribution in [3.8, 4) is 22.8 Å². The molecule has 2 saturated heterocycles. The number of ether oxygens (including phenoxy) is 4. The number of piperidine rings is 1. The minimum absolute atomic E-state index is 0.0975. The van der Waals surface area contributed by atoms with E-state index < -0.39 is 5.60 Å². The molecule has 9 nitrogen and oxygen atoms in total. The molecule has 2 aromatic rings. The summed E-state index contributed by atoms with van der Waals surface area (Å²) in [5.74, 6) is 2.01. The van der Waals surface area contributed by atoms with E-state index in [1.165, 1.54) is 0 Å².